The number of aromatic nitrogens is 5. The van der Waals surface area contributed by atoms with Crippen molar-refractivity contribution in [2.75, 3.05) is 10.6 Å². The van der Waals surface area contributed by atoms with Gasteiger partial charge in [0.2, 0.25) is 11.9 Å². The van der Waals surface area contributed by atoms with E-state index >= 15 is 0 Å². The van der Waals surface area contributed by atoms with Crippen molar-refractivity contribution in [3.05, 3.63) is 48.4 Å². The number of rotatable bonds is 6. The fourth-order valence-corrected chi connectivity index (χ4v) is 5.09. The summed E-state index contributed by atoms with van der Waals surface area (Å²) in [6.07, 6.45) is 8.24. The Bertz CT molecular complexity index is 1450. The molecule has 4 aromatic rings. The highest BCUT2D eigenvalue weighted by Crippen LogP contribution is 2.45. The van der Waals surface area contributed by atoms with Gasteiger partial charge in [-0.3, -0.25) is 9.59 Å². The Balaban J connectivity index is 1.35. The average molecular weight is 443 g/mol. The third kappa shape index (κ3) is 3.08. The summed E-state index contributed by atoms with van der Waals surface area (Å²) in [5.41, 5.74) is 14.2. The van der Waals surface area contributed by atoms with Crippen LogP contribution in [0.2, 0.25) is 0 Å². The number of fused-ring (bicyclic) bond motifs is 4. The number of hydrogen-bond acceptors (Lipinski definition) is 7. The molecule has 8 N–H and O–H groups in total. The monoisotopic (exact) mass is 443 g/mol. The lowest BCUT2D eigenvalue weighted by Crippen LogP contribution is -2.41. The minimum atomic E-state index is -0.510. The molecule has 166 valence electrons. The van der Waals surface area contributed by atoms with E-state index in [1.165, 1.54) is 0 Å². The van der Waals surface area contributed by atoms with Crippen molar-refractivity contribution in [3.63, 3.8) is 0 Å². The van der Waals surface area contributed by atoms with Crippen LogP contribution in [0.1, 0.15) is 16.8 Å². The van der Waals surface area contributed by atoms with Crippen molar-refractivity contribution in [1.82, 2.24) is 24.9 Å². The highest BCUT2D eigenvalue weighted by Gasteiger charge is 2.47. The van der Waals surface area contributed by atoms with Crippen molar-refractivity contribution in [2.24, 2.45) is 29.2 Å². The van der Waals surface area contributed by atoms with E-state index in [1.54, 1.807) is 12.5 Å². The maximum Gasteiger partial charge on any atom is 0.250 e. The van der Waals surface area contributed by atoms with Gasteiger partial charge in [-0.2, -0.15) is 9.97 Å². The van der Waals surface area contributed by atoms with Gasteiger partial charge in [-0.1, -0.05) is 12.2 Å². The Hall–Kier alpha value is -4.41. The van der Waals surface area contributed by atoms with Crippen LogP contribution in [-0.2, 0) is 4.79 Å². The number of benzene rings is 1. The van der Waals surface area contributed by atoms with E-state index in [4.69, 9.17) is 11.5 Å². The normalized spacial score (nSPS) is 23.4. The second-order valence-corrected chi connectivity index (χ2v) is 8.49. The summed E-state index contributed by atoms with van der Waals surface area (Å²) in [4.78, 5) is 43.4. The first-order valence-electron chi connectivity index (χ1n) is 10.6. The molecular weight excluding hydrogens is 422 g/mol. The SMILES string of the molecule is NC(=O)c1c[nH]c2ccc(Nc3nc(NC4C5C=CC(C5)C4C(N)=O)c4nc[nH]c4n3)cc12. The third-order valence-electron chi connectivity index (χ3n) is 6.57. The number of H-pyrrole nitrogens is 2. The van der Waals surface area contributed by atoms with Gasteiger partial charge in [-0.25, -0.2) is 4.98 Å². The Labute approximate surface area is 187 Å². The van der Waals surface area contributed by atoms with Crippen LogP contribution < -0.4 is 22.1 Å². The van der Waals surface area contributed by atoms with Crippen molar-refractivity contribution >= 4 is 51.3 Å². The fourth-order valence-electron chi connectivity index (χ4n) is 5.09. The van der Waals surface area contributed by atoms with E-state index in [-0.39, 0.29) is 29.7 Å². The predicted octanol–water partition coefficient (Wildman–Crippen LogP) is 1.76. The number of allylic oxidation sites excluding steroid dienone is 1. The molecule has 3 heterocycles. The number of amides is 2. The molecule has 11 heteroatoms. The molecule has 4 unspecified atom stereocenters. The third-order valence-corrected chi connectivity index (χ3v) is 6.57. The number of anilines is 3. The van der Waals surface area contributed by atoms with E-state index in [9.17, 15) is 9.59 Å². The molecule has 0 aliphatic heterocycles. The van der Waals surface area contributed by atoms with Crippen molar-refractivity contribution in [1.29, 1.82) is 0 Å². The minimum Gasteiger partial charge on any atom is -0.369 e. The molecular formula is C22H21N9O2. The molecule has 0 spiro atoms. The van der Waals surface area contributed by atoms with Gasteiger partial charge in [0.05, 0.1) is 17.8 Å². The van der Waals surface area contributed by atoms with Crippen LogP contribution in [0.3, 0.4) is 0 Å². The first-order chi connectivity index (χ1) is 16.0. The number of nitrogens with zero attached hydrogens (tertiary/aromatic N) is 3. The van der Waals surface area contributed by atoms with Crippen LogP contribution in [-0.4, -0.2) is 42.8 Å². The topological polar surface area (TPSA) is 180 Å². The summed E-state index contributed by atoms with van der Waals surface area (Å²) in [6, 6.07) is 5.34. The molecule has 0 radical (unpaired) electrons. The first-order valence-corrected chi connectivity index (χ1v) is 10.6. The lowest BCUT2D eigenvalue weighted by Gasteiger charge is -2.27. The Morgan fingerprint density at radius 1 is 1.09 bits per heavy atom. The molecule has 1 fully saturated rings. The Morgan fingerprint density at radius 2 is 1.94 bits per heavy atom. The summed E-state index contributed by atoms with van der Waals surface area (Å²) < 4.78 is 0. The second-order valence-electron chi connectivity index (χ2n) is 8.49. The number of hydrogen-bond donors (Lipinski definition) is 6. The minimum absolute atomic E-state index is 0.145. The standard InChI is InChI=1S/C22H21N9O2/c23-18(32)13-7-25-14-4-3-11(6-12(13)14)28-22-30-20-17(26-8-27-20)21(31-22)29-16-10-2-1-9(5-10)15(16)19(24)33/h1-4,6-10,15-16,25H,5H2,(H2,23,32)(H2,24,33)(H3,26,27,28,29,30,31). The van der Waals surface area contributed by atoms with E-state index in [2.05, 4.69) is 47.7 Å². The molecule has 1 aromatic carbocycles. The lowest BCUT2D eigenvalue weighted by molar-refractivity contribution is -0.122. The Morgan fingerprint density at radius 3 is 2.76 bits per heavy atom. The van der Waals surface area contributed by atoms with E-state index in [0.29, 0.717) is 39.6 Å². The summed E-state index contributed by atoms with van der Waals surface area (Å²) in [6.45, 7) is 0. The fraction of sp³-hybridized carbons (Fsp3) is 0.227. The number of primary amides is 2. The summed E-state index contributed by atoms with van der Waals surface area (Å²) >= 11 is 0. The van der Waals surface area contributed by atoms with Crippen LogP contribution >= 0.6 is 0 Å². The second kappa shape index (κ2) is 7.05. The predicted molar refractivity (Wildman–Crippen MR) is 123 cm³/mol. The van der Waals surface area contributed by atoms with Crippen molar-refractivity contribution in [2.45, 2.75) is 12.5 Å². The zero-order valence-corrected chi connectivity index (χ0v) is 17.4. The van der Waals surface area contributed by atoms with Crippen LogP contribution in [0.15, 0.2) is 42.9 Å². The zero-order valence-electron chi connectivity index (χ0n) is 17.4. The number of carbonyl (C=O) groups is 2. The molecule has 2 amide bonds. The Kier molecular flexibility index (Phi) is 4.12. The van der Waals surface area contributed by atoms with E-state index < -0.39 is 5.91 Å². The van der Waals surface area contributed by atoms with Crippen LogP contribution in [0, 0.1) is 17.8 Å². The van der Waals surface area contributed by atoms with E-state index in [0.717, 1.165) is 11.9 Å². The van der Waals surface area contributed by atoms with Crippen LogP contribution in [0.25, 0.3) is 22.1 Å². The summed E-state index contributed by atoms with van der Waals surface area (Å²) in [7, 11) is 0. The van der Waals surface area contributed by atoms with Crippen LogP contribution in [0.5, 0.6) is 0 Å². The lowest BCUT2D eigenvalue weighted by atomic mass is 9.88. The first kappa shape index (κ1) is 19.3. The summed E-state index contributed by atoms with van der Waals surface area (Å²) in [5, 5.41) is 7.30. The molecule has 4 atom stereocenters. The van der Waals surface area contributed by atoms with Gasteiger partial charge in [0.1, 0.15) is 5.52 Å². The molecule has 6 rings (SSSR count). The highest BCUT2D eigenvalue weighted by atomic mass is 16.1. The van der Waals surface area contributed by atoms with Gasteiger partial charge >= 0.3 is 0 Å². The summed E-state index contributed by atoms with van der Waals surface area (Å²) in [5.74, 6) is 0.0657. The number of nitrogens with two attached hydrogens (primary N) is 2. The molecule has 2 aliphatic rings. The smallest absolute Gasteiger partial charge is 0.250 e. The number of imidazole rings is 1. The van der Waals surface area contributed by atoms with Gasteiger partial charge in [-0.15, -0.1) is 0 Å². The average Bonchev–Trinajstić information content (AvgIpc) is 3.56. The molecule has 2 aliphatic carbocycles. The van der Waals surface area contributed by atoms with Gasteiger partial charge in [0.15, 0.2) is 11.5 Å². The number of aromatic amines is 2. The zero-order chi connectivity index (χ0) is 22.7. The number of carbonyl (C=O) groups excluding carboxylic acids is 2. The number of nitrogens with one attached hydrogen (secondary N) is 4. The van der Waals surface area contributed by atoms with Crippen LogP contribution in [0.4, 0.5) is 17.5 Å². The molecule has 33 heavy (non-hydrogen) atoms. The van der Waals surface area contributed by atoms with Gasteiger partial charge in [0, 0.05) is 28.8 Å². The molecule has 1 saturated carbocycles. The molecule has 3 aromatic heterocycles. The van der Waals surface area contributed by atoms with Gasteiger partial charge in [0.25, 0.3) is 5.91 Å². The van der Waals surface area contributed by atoms with Gasteiger partial charge < -0.3 is 32.1 Å². The highest BCUT2D eigenvalue weighted by molar-refractivity contribution is 6.06. The molecule has 0 saturated heterocycles. The maximum atomic E-state index is 12.1. The van der Waals surface area contributed by atoms with E-state index in [1.807, 2.05) is 18.2 Å². The molecule has 2 bridgehead atoms. The molecule has 11 nitrogen and oxygen atoms in total. The quantitative estimate of drug-likeness (QED) is 0.245. The largest absolute Gasteiger partial charge is 0.369 e. The maximum absolute atomic E-state index is 12.1. The van der Waals surface area contributed by atoms with Crippen molar-refractivity contribution < 1.29 is 9.59 Å². The van der Waals surface area contributed by atoms with Gasteiger partial charge in [-0.05, 0) is 36.5 Å². The van der Waals surface area contributed by atoms with Crippen molar-refractivity contribution in [3.8, 4) is 0 Å².